The third-order valence-corrected chi connectivity index (χ3v) is 5.13. The van der Waals surface area contributed by atoms with Gasteiger partial charge in [0.15, 0.2) is 0 Å². The lowest BCUT2D eigenvalue weighted by molar-refractivity contribution is -0.152. The Kier molecular flexibility index (Phi) is 5.61. The molecule has 1 aromatic rings. The molecule has 2 rings (SSSR count). The summed E-state index contributed by atoms with van der Waals surface area (Å²) in [5, 5.41) is 11.8. The van der Waals surface area contributed by atoms with E-state index in [-0.39, 0.29) is 17.8 Å². The van der Waals surface area contributed by atoms with Crippen LogP contribution in [0.4, 0.5) is 0 Å². The van der Waals surface area contributed by atoms with Crippen molar-refractivity contribution in [3.05, 3.63) is 0 Å². The van der Waals surface area contributed by atoms with Crippen LogP contribution < -0.4 is 0 Å². The fourth-order valence-electron chi connectivity index (χ4n) is 2.92. The van der Waals surface area contributed by atoms with Gasteiger partial charge in [0.05, 0.1) is 5.75 Å². The third-order valence-electron chi connectivity index (χ3n) is 4.14. The van der Waals surface area contributed by atoms with E-state index in [1.165, 1.54) is 18.2 Å². The SMILES string of the molecule is CC(C)[C@H]1CC[C@@H](C)C[C@@H]1OC(=O)CSc1nnnn1C. The number of aryl methyl sites for hydroxylation is 1. The molecule has 0 bridgehead atoms. The number of hydrogen-bond acceptors (Lipinski definition) is 6. The normalized spacial score (nSPS) is 26.0. The summed E-state index contributed by atoms with van der Waals surface area (Å²) in [5.41, 5.74) is 0. The summed E-state index contributed by atoms with van der Waals surface area (Å²) in [6.45, 7) is 6.65. The number of carbonyl (C=O) groups excluding carboxylic acids is 1. The average Bonchev–Trinajstić information content (AvgIpc) is 2.81. The first-order valence-corrected chi connectivity index (χ1v) is 8.50. The Hall–Kier alpha value is -1.11. The molecule has 0 spiro atoms. The van der Waals surface area contributed by atoms with Crippen molar-refractivity contribution in [2.75, 3.05) is 5.75 Å². The van der Waals surface area contributed by atoms with Crippen molar-refractivity contribution in [2.24, 2.45) is 24.8 Å². The molecule has 0 amide bonds. The monoisotopic (exact) mass is 312 g/mol. The van der Waals surface area contributed by atoms with Gasteiger partial charge >= 0.3 is 5.97 Å². The molecular weight excluding hydrogens is 288 g/mol. The summed E-state index contributed by atoms with van der Waals surface area (Å²) in [5.74, 6) is 1.74. The topological polar surface area (TPSA) is 69.9 Å². The first-order chi connectivity index (χ1) is 9.97. The van der Waals surface area contributed by atoms with Gasteiger partial charge in [-0.1, -0.05) is 39.0 Å². The summed E-state index contributed by atoms with van der Waals surface area (Å²) in [6.07, 6.45) is 3.41. The van der Waals surface area contributed by atoms with Gasteiger partial charge in [-0.15, -0.1) is 5.10 Å². The first-order valence-electron chi connectivity index (χ1n) is 7.52. The lowest BCUT2D eigenvalue weighted by Gasteiger charge is -2.36. The Labute approximate surface area is 130 Å². The van der Waals surface area contributed by atoms with Gasteiger partial charge in [-0.3, -0.25) is 4.79 Å². The number of carbonyl (C=O) groups is 1. The van der Waals surface area contributed by atoms with Gasteiger partial charge in [0.25, 0.3) is 0 Å². The summed E-state index contributed by atoms with van der Waals surface area (Å²) in [4.78, 5) is 12.1. The molecule has 1 aliphatic rings. The maximum atomic E-state index is 12.1. The number of tetrazole rings is 1. The van der Waals surface area contributed by atoms with E-state index >= 15 is 0 Å². The molecule has 21 heavy (non-hydrogen) atoms. The zero-order chi connectivity index (χ0) is 15.4. The molecule has 118 valence electrons. The molecule has 0 aromatic carbocycles. The van der Waals surface area contributed by atoms with Gasteiger partial charge in [0, 0.05) is 7.05 Å². The molecule has 1 saturated carbocycles. The summed E-state index contributed by atoms with van der Waals surface area (Å²) >= 11 is 1.31. The average molecular weight is 312 g/mol. The van der Waals surface area contributed by atoms with Crippen LogP contribution in [0.2, 0.25) is 0 Å². The predicted molar refractivity (Wildman–Crippen MR) is 80.7 cm³/mol. The lowest BCUT2D eigenvalue weighted by Crippen LogP contribution is -2.36. The Morgan fingerprint density at radius 2 is 2.24 bits per heavy atom. The van der Waals surface area contributed by atoms with E-state index in [9.17, 15) is 4.79 Å². The Morgan fingerprint density at radius 3 is 2.86 bits per heavy atom. The minimum absolute atomic E-state index is 0.0551. The van der Waals surface area contributed by atoms with Crippen LogP contribution in [0.3, 0.4) is 0 Å². The number of hydrogen-bond donors (Lipinski definition) is 0. The van der Waals surface area contributed by atoms with E-state index < -0.39 is 0 Å². The minimum atomic E-state index is -0.173. The predicted octanol–water partition coefficient (Wildman–Crippen LogP) is 2.31. The highest BCUT2D eigenvalue weighted by molar-refractivity contribution is 7.99. The molecule has 0 unspecified atom stereocenters. The summed E-state index contributed by atoms with van der Waals surface area (Å²) in [6, 6.07) is 0. The highest BCUT2D eigenvalue weighted by atomic mass is 32.2. The molecule has 1 heterocycles. The molecule has 1 aromatic heterocycles. The van der Waals surface area contributed by atoms with Crippen LogP contribution in [0, 0.1) is 17.8 Å². The number of thioether (sulfide) groups is 1. The van der Waals surface area contributed by atoms with Crippen LogP contribution in [0.25, 0.3) is 0 Å². The Bertz CT molecular complexity index is 477. The maximum absolute atomic E-state index is 12.1. The fraction of sp³-hybridized carbons (Fsp3) is 0.857. The summed E-state index contributed by atoms with van der Waals surface area (Å²) < 4.78 is 7.29. The molecule has 1 aliphatic carbocycles. The second kappa shape index (κ2) is 7.24. The molecule has 0 saturated heterocycles. The highest BCUT2D eigenvalue weighted by Gasteiger charge is 2.33. The first kappa shape index (κ1) is 16.3. The van der Waals surface area contributed by atoms with Crippen LogP contribution in [0.15, 0.2) is 5.16 Å². The van der Waals surface area contributed by atoms with Crippen LogP contribution in [0.5, 0.6) is 0 Å². The van der Waals surface area contributed by atoms with Crippen molar-refractivity contribution in [3.63, 3.8) is 0 Å². The lowest BCUT2D eigenvalue weighted by atomic mass is 9.75. The van der Waals surface area contributed by atoms with Gasteiger partial charge in [-0.05, 0) is 41.0 Å². The van der Waals surface area contributed by atoms with E-state index in [2.05, 4.69) is 36.3 Å². The number of rotatable bonds is 5. The number of esters is 1. The van der Waals surface area contributed by atoms with Crippen LogP contribution in [-0.2, 0) is 16.6 Å². The van der Waals surface area contributed by atoms with E-state index in [4.69, 9.17) is 4.74 Å². The summed E-state index contributed by atoms with van der Waals surface area (Å²) in [7, 11) is 1.76. The molecule has 7 heteroatoms. The zero-order valence-corrected chi connectivity index (χ0v) is 14.0. The smallest absolute Gasteiger partial charge is 0.316 e. The molecule has 0 N–H and O–H groups in total. The number of ether oxygens (including phenoxy) is 1. The highest BCUT2D eigenvalue weighted by Crippen LogP contribution is 2.35. The quantitative estimate of drug-likeness (QED) is 0.614. The van der Waals surface area contributed by atoms with E-state index in [0.717, 1.165) is 12.8 Å². The van der Waals surface area contributed by atoms with Crippen molar-refractivity contribution >= 4 is 17.7 Å². The largest absolute Gasteiger partial charge is 0.461 e. The van der Waals surface area contributed by atoms with Gasteiger partial charge in [0.2, 0.25) is 5.16 Å². The zero-order valence-electron chi connectivity index (χ0n) is 13.2. The van der Waals surface area contributed by atoms with Crippen molar-refractivity contribution in [3.8, 4) is 0 Å². The van der Waals surface area contributed by atoms with Crippen LogP contribution >= 0.6 is 11.8 Å². The second-order valence-corrected chi connectivity index (χ2v) is 7.17. The van der Waals surface area contributed by atoms with E-state index in [0.29, 0.717) is 22.9 Å². The van der Waals surface area contributed by atoms with Crippen LogP contribution in [-0.4, -0.2) is 38.0 Å². The molecule has 1 fully saturated rings. The van der Waals surface area contributed by atoms with Crippen molar-refractivity contribution < 1.29 is 9.53 Å². The van der Waals surface area contributed by atoms with Gasteiger partial charge in [-0.2, -0.15) is 0 Å². The van der Waals surface area contributed by atoms with Gasteiger partial charge in [0.1, 0.15) is 6.10 Å². The number of nitrogens with zero attached hydrogens (tertiary/aromatic N) is 4. The minimum Gasteiger partial charge on any atom is -0.461 e. The Morgan fingerprint density at radius 1 is 1.48 bits per heavy atom. The maximum Gasteiger partial charge on any atom is 0.316 e. The van der Waals surface area contributed by atoms with Gasteiger partial charge < -0.3 is 4.74 Å². The van der Waals surface area contributed by atoms with Crippen LogP contribution in [0.1, 0.15) is 40.0 Å². The Balaban J connectivity index is 1.86. The fourth-order valence-corrected chi connectivity index (χ4v) is 3.55. The molecular formula is C14H24N4O2S. The van der Waals surface area contributed by atoms with Crippen molar-refractivity contribution in [1.29, 1.82) is 0 Å². The van der Waals surface area contributed by atoms with Crippen molar-refractivity contribution in [1.82, 2.24) is 20.2 Å². The van der Waals surface area contributed by atoms with Gasteiger partial charge in [-0.25, -0.2) is 4.68 Å². The van der Waals surface area contributed by atoms with E-state index in [1.807, 2.05) is 0 Å². The van der Waals surface area contributed by atoms with E-state index in [1.54, 1.807) is 11.7 Å². The number of aromatic nitrogens is 4. The standard InChI is InChI=1S/C14H24N4O2S/c1-9(2)11-6-5-10(3)7-12(11)20-13(19)8-21-14-15-16-17-18(14)4/h9-12H,5-8H2,1-4H3/t10-,11-,12+/m1/s1. The molecule has 0 radical (unpaired) electrons. The molecule has 3 atom stereocenters. The van der Waals surface area contributed by atoms with Crippen molar-refractivity contribution in [2.45, 2.75) is 51.3 Å². The second-order valence-electron chi connectivity index (χ2n) is 6.23. The molecule has 0 aliphatic heterocycles. The third kappa shape index (κ3) is 4.43. The molecule has 6 nitrogen and oxygen atoms in total.